The van der Waals surface area contributed by atoms with E-state index in [1.807, 2.05) is 24.3 Å². The van der Waals surface area contributed by atoms with Gasteiger partial charge in [0.25, 0.3) is 0 Å². The fraction of sp³-hybridized carbons (Fsp3) is 0.667. The molecule has 1 aromatic carbocycles. The Hall–Kier alpha value is -1.79. The van der Waals surface area contributed by atoms with Crippen LogP contribution >= 0.6 is 0 Å². The SMILES string of the molecule is CC(C)COc1ccccc1NC(=O)NC1CCN(C[C@@H]2CCCO2)CC1. The maximum atomic E-state index is 12.4. The molecule has 2 heterocycles. The molecular weight excluding hydrogens is 342 g/mol. The van der Waals surface area contributed by atoms with Crippen LogP contribution < -0.4 is 15.4 Å². The molecule has 3 rings (SSSR count). The zero-order valence-electron chi connectivity index (χ0n) is 16.6. The summed E-state index contributed by atoms with van der Waals surface area (Å²) in [5.41, 5.74) is 0.714. The summed E-state index contributed by atoms with van der Waals surface area (Å²) in [5.74, 6) is 1.15. The predicted octanol–water partition coefficient (Wildman–Crippen LogP) is 3.49. The molecule has 27 heavy (non-hydrogen) atoms. The van der Waals surface area contributed by atoms with Crippen LogP contribution in [0.1, 0.15) is 39.5 Å². The van der Waals surface area contributed by atoms with Gasteiger partial charge in [0, 0.05) is 32.3 Å². The number of urea groups is 1. The second-order valence-corrected chi connectivity index (χ2v) is 8.01. The Labute approximate surface area is 162 Å². The van der Waals surface area contributed by atoms with Crippen molar-refractivity contribution in [1.29, 1.82) is 0 Å². The normalized spacial score (nSPS) is 21.4. The van der Waals surface area contributed by atoms with Gasteiger partial charge < -0.3 is 25.0 Å². The standard InChI is InChI=1S/C21H33N3O3/c1-16(2)15-27-20-8-4-3-7-19(20)23-21(25)22-17-9-11-24(12-10-17)14-18-6-5-13-26-18/h3-4,7-8,16-18H,5-6,9-15H2,1-2H3,(H2,22,23,25)/t18-/m0/s1. The molecule has 2 aliphatic rings. The van der Waals surface area contributed by atoms with E-state index in [4.69, 9.17) is 9.47 Å². The summed E-state index contributed by atoms with van der Waals surface area (Å²) in [6, 6.07) is 7.65. The molecule has 2 saturated heterocycles. The Kier molecular flexibility index (Phi) is 7.35. The van der Waals surface area contributed by atoms with Crippen LogP contribution in [-0.4, -0.2) is 55.9 Å². The quantitative estimate of drug-likeness (QED) is 0.766. The van der Waals surface area contributed by atoms with Gasteiger partial charge >= 0.3 is 6.03 Å². The molecule has 0 spiro atoms. The van der Waals surface area contributed by atoms with Crippen molar-refractivity contribution < 1.29 is 14.3 Å². The Morgan fingerprint density at radius 2 is 2.04 bits per heavy atom. The van der Waals surface area contributed by atoms with Crippen molar-refractivity contribution in [2.45, 2.75) is 51.7 Å². The number of ether oxygens (including phenoxy) is 2. The Bertz CT molecular complexity index is 594. The van der Waals surface area contributed by atoms with Gasteiger partial charge in [0.05, 0.1) is 18.4 Å². The molecule has 1 aromatic rings. The minimum atomic E-state index is -0.159. The summed E-state index contributed by atoms with van der Waals surface area (Å²) in [6.07, 6.45) is 4.72. The second kappa shape index (κ2) is 9.95. The molecule has 1 atom stereocenters. The number of para-hydroxylation sites is 2. The van der Waals surface area contributed by atoms with Crippen molar-refractivity contribution in [3.05, 3.63) is 24.3 Å². The highest BCUT2D eigenvalue weighted by atomic mass is 16.5. The fourth-order valence-corrected chi connectivity index (χ4v) is 3.63. The third-order valence-electron chi connectivity index (χ3n) is 5.12. The van der Waals surface area contributed by atoms with Crippen molar-refractivity contribution in [2.75, 3.05) is 38.2 Å². The number of hydrogen-bond acceptors (Lipinski definition) is 4. The molecule has 0 unspecified atom stereocenters. The molecule has 150 valence electrons. The summed E-state index contributed by atoms with van der Waals surface area (Å²) < 4.78 is 11.5. The summed E-state index contributed by atoms with van der Waals surface area (Å²) >= 11 is 0. The maximum Gasteiger partial charge on any atom is 0.319 e. The Morgan fingerprint density at radius 1 is 1.26 bits per heavy atom. The van der Waals surface area contributed by atoms with Gasteiger partial charge in [0.1, 0.15) is 5.75 Å². The summed E-state index contributed by atoms with van der Waals surface area (Å²) in [7, 11) is 0. The van der Waals surface area contributed by atoms with E-state index in [-0.39, 0.29) is 12.1 Å². The predicted molar refractivity (Wildman–Crippen MR) is 107 cm³/mol. The van der Waals surface area contributed by atoms with Crippen molar-refractivity contribution in [3.63, 3.8) is 0 Å². The topological polar surface area (TPSA) is 62.8 Å². The lowest BCUT2D eigenvalue weighted by molar-refractivity contribution is 0.0633. The monoisotopic (exact) mass is 375 g/mol. The highest BCUT2D eigenvalue weighted by Gasteiger charge is 2.24. The number of hydrogen-bond donors (Lipinski definition) is 2. The van der Waals surface area contributed by atoms with E-state index >= 15 is 0 Å². The lowest BCUT2D eigenvalue weighted by Gasteiger charge is -2.33. The molecular formula is C21H33N3O3. The first kappa shape index (κ1) is 20.0. The third kappa shape index (κ3) is 6.40. The molecule has 2 N–H and O–H groups in total. The number of rotatable bonds is 7. The van der Waals surface area contributed by atoms with Crippen molar-refractivity contribution in [3.8, 4) is 5.75 Å². The second-order valence-electron chi connectivity index (χ2n) is 8.01. The van der Waals surface area contributed by atoms with E-state index in [1.54, 1.807) is 0 Å². The summed E-state index contributed by atoms with van der Waals surface area (Å²) in [5, 5.41) is 6.05. The van der Waals surface area contributed by atoms with E-state index in [0.29, 0.717) is 30.1 Å². The molecule has 0 saturated carbocycles. The molecule has 2 fully saturated rings. The van der Waals surface area contributed by atoms with Crippen LogP contribution in [0.15, 0.2) is 24.3 Å². The highest BCUT2D eigenvalue weighted by molar-refractivity contribution is 5.91. The summed E-state index contributed by atoms with van der Waals surface area (Å²) in [4.78, 5) is 14.9. The zero-order valence-corrected chi connectivity index (χ0v) is 16.6. The molecule has 0 radical (unpaired) electrons. The van der Waals surface area contributed by atoms with Crippen LogP contribution in [0.4, 0.5) is 10.5 Å². The number of piperidine rings is 1. The van der Waals surface area contributed by atoms with E-state index in [0.717, 1.165) is 39.1 Å². The minimum Gasteiger partial charge on any atom is -0.491 e. The molecule has 6 nitrogen and oxygen atoms in total. The Morgan fingerprint density at radius 3 is 2.74 bits per heavy atom. The maximum absolute atomic E-state index is 12.4. The van der Waals surface area contributed by atoms with Gasteiger partial charge in [-0.15, -0.1) is 0 Å². The van der Waals surface area contributed by atoms with Crippen LogP contribution in [0.25, 0.3) is 0 Å². The number of carbonyl (C=O) groups is 1. The lowest BCUT2D eigenvalue weighted by Crippen LogP contribution is -2.47. The number of benzene rings is 1. The van der Waals surface area contributed by atoms with E-state index in [9.17, 15) is 4.79 Å². The van der Waals surface area contributed by atoms with Crippen LogP contribution in [0.2, 0.25) is 0 Å². The van der Waals surface area contributed by atoms with E-state index < -0.39 is 0 Å². The third-order valence-corrected chi connectivity index (χ3v) is 5.12. The fourth-order valence-electron chi connectivity index (χ4n) is 3.63. The zero-order chi connectivity index (χ0) is 19.1. The van der Waals surface area contributed by atoms with Gasteiger partial charge in [0.15, 0.2) is 0 Å². The van der Waals surface area contributed by atoms with Gasteiger partial charge in [-0.1, -0.05) is 26.0 Å². The smallest absolute Gasteiger partial charge is 0.319 e. The van der Waals surface area contributed by atoms with E-state index in [2.05, 4.69) is 29.4 Å². The van der Waals surface area contributed by atoms with Gasteiger partial charge in [-0.05, 0) is 43.7 Å². The number of nitrogens with zero attached hydrogens (tertiary/aromatic N) is 1. The molecule has 6 heteroatoms. The first-order valence-electron chi connectivity index (χ1n) is 10.2. The molecule has 0 aromatic heterocycles. The van der Waals surface area contributed by atoms with E-state index in [1.165, 1.54) is 12.8 Å². The molecule has 0 aliphatic carbocycles. The number of anilines is 1. The number of nitrogens with one attached hydrogen (secondary N) is 2. The Balaban J connectivity index is 1.42. The number of carbonyl (C=O) groups excluding carboxylic acids is 1. The molecule has 2 amide bonds. The van der Waals surface area contributed by atoms with Gasteiger partial charge in [-0.3, -0.25) is 0 Å². The highest BCUT2D eigenvalue weighted by Crippen LogP contribution is 2.24. The lowest BCUT2D eigenvalue weighted by atomic mass is 10.0. The van der Waals surface area contributed by atoms with Crippen LogP contribution in [0.5, 0.6) is 5.75 Å². The average Bonchev–Trinajstić information content (AvgIpc) is 3.15. The van der Waals surface area contributed by atoms with Gasteiger partial charge in [-0.25, -0.2) is 4.79 Å². The minimum absolute atomic E-state index is 0.159. The van der Waals surface area contributed by atoms with Crippen molar-refractivity contribution in [2.24, 2.45) is 5.92 Å². The van der Waals surface area contributed by atoms with Crippen LogP contribution in [-0.2, 0) is 4.74 Å². The van der Waals surface area contributed by atoms with Crippen molar-refractivity contribution >= 4 is 11.7 Å². The van der Waals surface area contributed by atoms with Gasteiger partial charge in [0.2, 0.25) is 0 Å². The number of likely N-dealkylation sites (tertiary alicyclic amines) is 1. The number of amides is 2. The first-order valence-corrected chi connectivity index (χ1v) is 10.2. The van der Waals surface area contributed by atoms with Crippen LogP contribution in [0, 0.1) is 5.92 Å². The summed E-state index contributed by atoms with van der Waals surface area (Å²) in [6.45, 7) is 8.80. The molecule has 2 aliphatic heterocycles. The average molecular weight is 376 g/mol. The van der Waals surface area contributed by atoms with Crippen molar-refractivity contribution in [1.82, 2.24) is 10.2 Å². The largest absolute Gasteiger partial charge is 0.491 e. The molecule has 0 bridgehead atoms. The van der Waals surface area contributed by atoms with Crippen LogP contribution in [0.3, 0.4) is 0 Å². The van der Waals surface area contributed by atoms with Gasteiger partial charge in [-0.2, -0.15) is 0 Å². The first-order chi connectivity index (χ1) is 13.1.